The van der Waals surface area contributed by atoms with E-state index in [4.69, 9.17) is 10.5 Å². The molecule has 1 aromatic carbocycles. The molecule has 1 amide bonds. The molecule has 1 aromatic rings. The fourth-order valence-corrected chi connectivity index (χ4v) is 0.990. The van der Waals surface area contributed by atoms with E-state index in [1.54, 1.807) is 18.2 Å². The zero-order valence-corrected chi connectivity index (χ0v) is 7.70. The van der Waals surface area contributed by atoms with Crippen molar-refractivity contribution in [2.75, 3.05) is 6.61 Å². The summed E-state index contributed by atoms with van der Waals surface area (Å²) in [6, 6.07) is 6.14. The Morgan fingerprint density at radius 1 is 1.43 bits per heavy atom. The molecule has 0 atom stereocenters. The van der Waals surface area contributed by atoms with Gasteiger partial charge >= 0.3 is 0 Å². The summed E-state index contributed by atoms with van der Waals surface area (Å²) in [5.41, 5.74) is 4.93. The lowest BCUT2D eigenvalue weighted by molar-refractivity contribution is -0.118. The zero-order valence-electron chi connectivity index (χ0n) is 7.70. The summed E-state index contributed by atoms with van der Waals surface area (Å²) in [5.74, 6) is -0.564. The molecule has 2 N–H and O–H groups in total. The van der Waals surface area contributed by atoms with Gasteiger partial charge in [-0.15, -0.1) is 0 Å². The molecular formula is C10H12FNO2. The quantitative estimate of drug-likeness (QED) is 0.727. The molecule has 14 heavy (non-hydrogen) atoms. The average molecular weight is 197 g/mol. The van der Waals surface area contributed by atoms with Crippen LogP contribution in [-0.4, -0.2) is 12.5 Å². The van der Waals surface area contributed by atoms with Crippen molar-refractivity contribution in [3.05, 3.63) is 30.1 Å². The minimum atomic E-state index is -0.397. The summed E-state index contributed by atoms with van der Waals surface area (Å²) in [7, 11) is 0. The molecule has 0 spiro atoms. The van der Waals surface area contributed by atoms with Crippen molar-refractivity contribution in [2.45, 2.75) is 12.8 Å². The number of ether oxygens (including phenoxy) is 1. The second-order valence-corrected chi connectivity index (χ2v) is 2.85. The van der Waals surface area contributed by atoms with Gasteiger partial charge in [-0.3, -0.25) is 4.79 Å². The number of nitrogens with two attached hydrogens (primary N) is 1. The van der Waals surface area contributed by atoms with Crippen LogP contribution in [0.1, 0.15) is 12.8 Å². The van der Waals surface area contributed by atoms with Crippen molar-refractivity contribution in [3.8, 4) is 5.75 Å². The Balaban J connectivity index is 2.31. The van der Waals surface area contributed by atoms with Crippen LogP contribution in [0.3, 0.4) is 0 Å². The standard InChI is InChI=1S/C10H12FNO2/c11-8-4-1-2-5-9(8)14-7-3-6-10(12)13/h1-2,4-5H,3,6-7H2,(H2,12,13). The average Bonchev–Trinajstić information content (AvgIpc) is 2.15. The number of carbonyl (C=O) groups is 1. The largest absolute Gasteiger partial charge is 0.491 e. The monoisotopic (exact) mass is 197 g/mol. The molecule has 0 saturated heterocycles. The molecule has 0 unspecified atom stereocenters. The molecule has 0 aliphatic rings. The third-order valence-electron chi connectivity index (χ3n) is 1.66. The van der Waals surface area contributed by atoms with E-state index in [0.717, 1.165) is 0 Å². The molecule has 0 saturated carbocycles. The van der Waals surface area contributed by atoms with Gasteiger partial charge in [-0.1, -0.05) is 12.1 Å². The molecule has 0 bridgehead atoms. The van der Waals surface area contributed by atoms with Gasteiger partial charge < -0.3 is 10.5 Å². The number of primary amides is 1. The predicted molar refractivity (Wildman–Crippen MR) is 50.3 cm³/mol. The first kappa shape index (κ1) is 10.5. The fourth-order valence-electron chi connectivity index (χ4n) is 0.990. The Bertz CT molecular complexity index is 315. The van der Waals surface area contributed by atoms with Crippen molar-refractivity contribution in [1.82, 2.24) is 0 Å². The minimum absolute atomic E-state index is 0.206. The van der Waals surface area contributed by atoms with Gasteiger partial charge in [-0.25, -0.2) is 4.39 Å². The van der Waals surface area contributed by atoms with Crippen molar-refractivity contribution in [1.29, 1.82) is 0 Å². The van der Waals surface area contributed by atoms with Gasteiger partial charge in [0.05, 0.1) is 6.61 Å². The zero-order chi connectivity index (χ0) is 10.4. The van der Waals surface area contributed by atoms with E-state index in [2.05, 4.69) is 0 Å². The first-order chi connectivity index (χ1) is 6.70. The lowest BCUT2D eigenvalue weighted by atomic mass is 10.3. The van der Waals surface area contributed by atoms with E-state index >= 15 is 0 Å². The van der Waals surface area contributed by atoms with Gasteiger partial charge in [0.2, 0.25) is 5.91 Å². The normalized spacial score (nSPS) is 9.79. The van der Waals surface area contributed by atoms with Crippen LogP contribution in [0.15, 0.2) is 24.3 Å². The van der Waals surface area contributed by atoms with Crippen molar-refractivity contribution in [3.63, 3.8) is 0 Å². The highest BCUT2D eigenvalue weighted by molar-refractivity contribution is 5.73. The van der Waals surface area contributed by atoms with Gasteiger partial charge in [0.25, 0.3) is 0 Å². The van der Waals surface area contributed by atoms with Gasteiger partial charge in [0, 0.05) is 6.42 Å². The van der Waals surface area contributed by atoms with Crippen LogP contribution >= 0.6 is 0 Å². The van der Waals surface area contributed by atoms with E-state index in [0.29, 0.717) is 13.0 Å². The molecule has 1 rings (SSSR count). The van der Waals surface area contributed by atoms with Crippen molar-refractivity contribution >= 4 is 5.91 Å². The minimum Gasteiger partial charge on any atom is -0.491 e. The van der Waals surface area contributed by atoms with E-state index < -0.39 is 5.82 Å². The Morgan fingerprint density at radius 2 is 2.14 bits per heavy atom. The summed E-state index contributed by atoms with van der Waals surface area (Å²) in [4.78, 5) is 10.4. The molecular weight excluding hydrogens is 185 g/mol. The Kier molecular flexibility index (Phi) is 3.91. The molecule has 0 heterocycles. The number of amides is 1. The van der Waals surface area contributed by atoms with Crippen LogP contribution in [0, 0.1) is 5.82 Å². The highest BCUT2D eigenvalue weighted by Gasteiger charge is 2.01. The first-order valence-electron chi connectivity index (χ1n) is 4.36. The van der Waals surface area contributed by atoms with Crippen LogP contribution in [0.5, 0.6) is 5.75 Å². The van der Waals surface area contributed by atoms with Crippen LogP contribution in [0.25, 0.3) is 0 Å². The SMILES string of the molecule is NC(=O)CCCOc1ccccc1F. The van der Waals surface area contributed by atoms with Gasteiger partial charge in [0.1, 0.15) is 0 Å². The Hall–Kier alpha value is -1.58. The number of hydrogen-bond acceptors (Lipinski definition) is 2. The highest BCUT2D eigenvalue weighted by atomic mass is 19.1. The third kappa shape index (κ3) is 3.43. The number of benzene rings is 1. The van der Waals surface area contributed by atoms with Crippen molar-refractivity contribution < 1.29 is 13.9 Å². The second kappa shape index (κ2) is 5.21. The molecule has 0 fully saturated rings. The van der Waals surface area contributed by atoms with E-state index in [1.165, 1.54) is 6.07 Å². The molecule has 0 aliphatic carbocycles. The predicted octanol–water partition coefficient (Wildman–Crippen LogP) is 1.47. The summed E-state index contributed by atoms with van der Waals surface area (Å²) in [6.45, 7) is 0.296. The molecule has 3 nitrogen and oxygen atoms in total. The van der Waals surface area contributed by atoms with Crippen molar-refractivity contribution in [2.24, 2.45) is 5.73 Å². The number of para-hydroxylation sites is 1. The topological polar surface area (TPSA) is 52.3 Å². The van der Waals surface area contributed by atoms with Crippen LogP contribution < -0.4 is 10.5 Å². The summed E-state index contributed by atoms with van der Waals surface area (Å²) in [5, 5.41) is 0. The maximum atomic E-state index is 13.0. The molecule has 4 heteroatoms. The number of rotatable bonds is 5. The Labute approximate surface area is 81.7 Å². The van der Waals surface area contributed by atoms with Gasteiger partial charge in [-0.2, -0.15) is 0 Å². The van der Waals surface area contributed by atoms with E-state index in [1.807, 2.05) is 0 Å². The second-order valence-electron chi connectivity index (χ2n) is 2.85. The number of halogens is 1. The fraction of sp³-hybridized carbons (Fsp3) is 0.300. The molecule has 0 radical (unpaired) electrons. The lowest BCUT2D eigenvalue weighted by Crippen LogP contribution is -2.12. The van der Waals surface area contributed by atoms with Gasteiger partial charge in [0.15, 0.2) is 11.6 Å². The van der Waals surface area contributed by atoms with Crippen LogP contribution in [0.2, 0.25) is 0 Å². The maximum absolute atomic E-state index is 13.0. The molecule has 0 aromatic heterocycles. The Morgan fingerprint density at radius 3 is 2.79 bits per heavy atom. The summed E-state index contributed by atoms with van der Waals surface area (Å²) < 4.78 is 18.1. The highest BCUT2D eigenvalue weighted by Crippen LogP contribution is 2.15. The summed E-state index contributed by atoms with van der Waals surface area (Å²) in [6.07, 6.45) is 0.762. The smallest absolute Gasteiger partial charge is 0.217 e. The van der Waals surface area contributed by atoms with E-state index in [-0.39, 0.29) is 18.1 Å². The maximum Gasteiger partial charge on any atom is 0.217 e. The first-order valence-corrected chi connectivity index (χ1v) is 4.36. The lowest BCUT2D eigenvalue weighted by Gasteiger charge is -2.05. The number of hydrogen-bond donors (Lipinski definition) is 1. The number of carbonyl (C=O) groups excluding carboxylic acids is 1. The van der Waals surface area contributed by atoms with Crippen LogP contribution in [-0.2, 0) is 4.79 Å². The van der Waals surface area contributed by atoms with E-state index in [9.17, 15) is 9.18 Å². The summed E-state index contributed by atoms with van der Waals surface area (Å²) >= 11 is 0. The molecule has 0 aliphatic heterocycles. The molecule has 76 valence electrons. The third-order valence-corrected chi connectivity index (χ3v) is 1.66. The van der Waals surface area contributed by atoms with Crippen LogP contribution in [0.4, 0.5) is 4.39 Å². The van der Waals surface area contributed by atoms with Gasteiger partial charge in [-0.05, 0) is 18.6 Å².